The highest BCUT2D eigenvalue weighted by molar-refractivity contribution is 5.01. The Bertz CT molecular complexity index is 328. The highest BCUT2D eigenvalue weighted by Gasteiger charge is 2.71. The molecule has 4 unspecified atom stereocenters. The zero-order chi connectivity index (χ0) is 14.6. The molecule has 0 aromatic heterocycles. The van der Waals surface area contributed by atoms with Crippen LogP contribution in [0.2, 0.25) is 0 Å². The van der Waals surface area contributed by atoms with Crippen molar-refractivity contribution in [3.63, 3.8) is 0 Å². The molecule has 0 heterocycles. The van der Waals surface area contributed by atoms with Gasteiger partial charge in [0.05, 0.1) is 0 Å². The lowest BCUT2D eigenvalue weighted by atomic mass is 9.66. The fourth-order valence-corrected chi connectivity index (χ4v) is 4.01. The molecule has 2 rings (SSSR count). The first-order valence-corrected chi connectivity index (χ1v) is 6.62. The van der Waals surface area contributed by atoms with Crippen molar-refractivity contribution < 1.29 is 26.3 Å². The normalized spacial score (nSPS) is 33.8. The Morgan fingerprint density at radius 2 is 1.42 bits per heavy atom. The average Bonchev–Trinajstić information content (AvgIpc) is 2.85. The van der Waals surface area contributed by atoms with Gasteiger partial charge >= 0.3 is 12.4 Å². The summed E-state index contributed by atoms with van der Waals surface area (Å²) in [7, 11) is 0. The summed E-state index contributed by atoms with van der Waals surface area (Å²) in [6.07, 6.45) is -7.44. The van der Waals surface area contributed by atoms with Crippen LogP contribution in [0.3, 0.4) is 0 Å². The molecule has 0 aromatic carbocycles. The Kier molecular flexibility index (Phi) is 3.38. The van der Waals surface area contributed by atoms with E-state index in [9.17, 15) is 26.3 Å². The summed E-state index contributed by atoms with van der Waals surface area (Å²) < 4.78 is 78.2. The molecule has 6 heteroatoms. The topological polar surface area (TPSA) is 0 Å². The lowest BCUT2D eigenvalue weighted by Crippen LogP contribution is -2.54. The zero-order valence-electron chi connectivity index (χ0n) is 10.9. The Morgan fingerprint density at radius 1 is 0.895 bits per heavy atom. The summed E-state index contributed by atoms with van der Waals surface area (Å²) >= 11 is 0. The molecule has 2 aliphatic rings. The Balaban J connectivity index is 2.29. The molecule has 0 aliphatic heterocycles. The van der Waals surface area contributed by atoms with Gasteiger partial charge in [-0.05, 0) is 49.9 Å². The average molecular weight is 288 g/mol. The predicted molar refractivity (Wildman–Crippen MR) is 58.3 cm³/mol. The lowest BCUT2D eigenvalue weighted by molar-refractivity contribution is -0.355. The Labute approximate surface area is 108 Å². The second kappa shape index (κ2) is 4.29. The molecule has 0 aromatic rings. The molecule has 0 amide bonds. The smallest absolute Gasteiger partial charge is 0.170 e. The van der Waals surface area contributed by atoms with Crippen LogP contribution in [0.4, 0.5) is 26.3 Å². The van der Waals surface area contributed by atoms with Gasteiger partial charge in [0.15, 0.2) is 5.41 Å². The van der Waals surface area contributed by atoms with E-state index in [0.717, 1.165) is 26.2 Å². The van der Waals surface area contributed by atoms with E-state index in [1.54, 1.807) is 0 Å². The van der Waals surface area contributed by atoms with Crippen LogP contribution >= 0.6 is 0 Å². The minimum absolute atomic E-state index is 0.0454. The molecular formula is C13H18F6. The molecule has 0 radical (unpaired) electrons. The highest BCUT2D eigenvalue weighted by Crippen LogP contribution is 2.61. The quantitative estimate of drug-likeness (QED) is 0.613. The number of alkyl halides is 6. The van der Waals surface area contributed by atoms with Gasteiger partial charge in [0.1, 0.15) is 0 Å². The van der Waals surface area contributed by atoms with Gasteiger partial charge in [0.2, 0.25) is 0 Å². The molecule has 2 aliphatic carbocycles. The van der Waals surface area contributed by atoms with Gasteiger partial charge < -0.3 is 0 Å². The summed E-state index contributed by atoms with van der Waals surface area (Å²) in [5.74, 6) is -1.48. The van der Waals surface area contributed by atoms with E-state index in [2.05, 4.69) is 0 Å². The Morgan fingerprint density at radius 3 is 1.74 bits per heavy atom. The molecule has 2 fully saturated rings. The van der Waals surface area contributed by atoms with Gasteiger partial charge in [-0.1, -0.05) is 13.3 Å². The van der Waals surface area contributed by atoms with Crippen molar-refractivity contribution in [2.24, 2.45) is 29.1 Å². The molecule has 2 saturated carbocycles. The monoisotopic (exact) mass is 288 g/mol. The van der Waals surface area contributed by atoms with Gasteiger partial charge in [-0.3, -0.25) is 0 Å². The Hall–Kier alpha value is -0.420. The lowest BCUT2D eigenvalue weighted by Gasteiger charge is -2.43. The summed E-state index contributed by atoms with van der Waals surface area (Å²) in [5, 5.41) is 0. The first-order chi connectivity index (χ1) is 8.48. The summed E-state index contributed by atoms with van der Waals surface area (Å²) in [5.41, 5.74) is -3.60. The SMILES string of the molecule is CC(C1CC2CCC1C2)C(C)(C(F)(F)F)C(F)(F)F. The van der Waals surface area contributed by atoms with Crippen LogP contribution < -0.4 is 0 Å². The van der Waals surface area contributed by atoms with Crippen molar-refractivity contribution in [1.29, 1.82) is 0 Å². The van der Waals surface area contributed by atoms with Crippen molar-refractivity contribution >= 4 is 0 Å². The van der Waals surface area contributed by atoms with Gasteiger partial charge in [-0.25, -0.2) is 0 Å². The maximum Gasteiger partial charge on any atom is 0.403 e. The molecule has 2 bridgehead atoms. The number of fused-ring (bicyclic) bond motifs is 2. The fourth-order valence-electron chi connectivity index (χ4n) is 4.01. The summed E-state index contributed by atoms with van der Waals surface area (Å²) in [4.78, 5) is 0. The second-order valence-electron chi connectivity index (χ2n) is 6.33. The first kappa shape index (κ1) is 15.0. The molecule has 0 N–H and O–H groups in total. The number of hydrogen-bond donors (Lipinski definition) is 0. The minimum atomic E-state index is -5.26. The van der Waals surface area contributed by atoms with Crippen molar-refractivity contribution in [2.75, 3.05) is 0 Å². The van der Waals surface area contributed by atoms with Crippen molar-refractivity contribution in [2.45, 2.75) is 51.9 Å². The molecule has 0 nitrogen and oxygen atoms in total. The predicted octanol–water partition coefficient (Wildman–Crippen LogP) is 5.19. The maximum atomic E-state index is 13.0. The number of hydrogen-bond acceptors (Lipinski definition) is 0. The van der Waals surface area contributed by atoms with E-state index in [1.165, 1.54) is 0 Å². The maximum absolute atomic E-state index is 13.0. The highest BCUT2D eigenvalue weighted by atomic mass is 19.4. The van der Waals surface area contributed by atoms with Gasteiger partial charge in [-0.15, -0.1) is 0 Å². The molecule has 0 spiro atoms. The third-order valence-corrected chi connectivity index (χ3v) is 5.52. The molecule has 112 valence electrons. The van der Waals surface area contributed by atoms with E-state index in [-0.39, 0.29) is 5.92 Å². The third-order valence-electron chi connectivity index (χ3n) is 5.52. The van der Waals surface area contributed by atoms with E-state index in [4.69, 9.17) is 0 Å². The van der Waals surface area contributed by atoms with Crippen LogP contribution in [0.5, 0.6) is 0 Å². The molecule has 4 atom stereocenters. The minimum Gasteiger partial charge on any atom is -0.170 e. The molecular weight excluding hydrogens is 270 g/mol. The molecule has 19 heavy (non-hydrogen) atoms. The van der Waals surface area contributed by atoms with Gasteiger partial charge in [0.25, 0.3) is 0 Å². The number of rotatable bonds is 2. The van der Waals surface area contributed by atoms with E-state index >= 15 is 0 Å². The number of halogens is 6. The standard InChI is InChI=1S/C13H18F6/c1-7(10-6-8-3-4-9(10)5-8)11(2,12(14,15)16)13(17,18)19/h7-10H,3-6H2,1-2H3. The van der Waals surface area contributed by atoms with E-state index in [0.29, 0.717) is 19.3 Å². The van der Waals surface area contributed by atoms with Crippen molar-refractivity contribution in [3.05, 3.63) is 0 Å². The van der Waals surface area contributed by atoms with Gasteiger partial charge in [0, 0.05) is 0 Å². The zero-order valence-corrected chi connectivity index (χ0v) is 10.9. The fraction of sp³-hybridized carbons (Fsp3) is 1.00. The van der Waals surface area contributed by atoms with Crippen LogP contribution in [0.1, 0.15) is 39.5 Å². The van der Waals surface area contributed by atoms with Crippen molar-refractivity contribution in [1.82, 2.24) is 0 Å². The van der Waals surface area contributed by atoms with E-state index in [1.807, 2.05) is 0 Å². The van der Waals surface area contributed by atoms with Crippen LogP contribution in [0, 0.1) is 29.1 Å². The van der Waals surface area contributed by atoms with Crippen LogP contribution in [0.25, 0.3) is 0 Å². The second-order valence-corrected chi connectivity index (χ2v) is 6.33. The van der Waals surface area contributed by atoms with Crippen LogP contribution in [-0.2, 0) is 0 Å². The first-order valence-electron chi connectivity index (χ1n) is 6.62. The van der Waals surface area contributed by atoms with Crippen molar-refractivity contribution in [3.8, 4) is 0 Å². The largest absolute Gasteiger partial charge is 0.403 e. The van der Waals surface area contributed by atoms with E-state index < -0.39 is 29.6 Å². The molecule has 0 saturated heterocycles. The van der Waals surface area contributed by atoms with Crippen LogP contribution in [-0.4, -0.2) is 12.4 Å². The summed E-state index contributed by atoms with van der Waals surface area (Å²) in [6.45, 7) is 1.45. The van der Waals surface area contributed by atoms with Crippen LogP contribution in [0.15, 0.2) is 0 Å². The summed E-state index contributed by atoms with van der Waals surface area (Å²) in [6, 6.07) is 0. The third kappa shape index (κ3) is 2.15. The van der Waals surface area contributed by atoms with Gasteiger partial charge in [-0.2, -0.15) is 26.3 Å².